The molecule has 1 heterocycles. The van der Waals surface area contributed by atoms with Gasteiger partial charge in [0.05, 0.1) is 19.0 Å². The molecule has 0 aliphatic rings. The van der Waals surface area contributed by atoms with Gasteiger partial charge in [0.15, 0.2) is 0 Å². The van der Waals surface area contributed by atoms with Crippen molar-refractivity contribution in [3.05, 3.63) is 42.2 Å². The molecule has 0 radical (unpaired) electrons. The van der Waals surface area contributed by atoms with Crippen molar-refractivity contribution in [2.45, 2.75) is 11.8 Å². The molecule has 0 unspecified atom stereocenters. The highest BCUT2D eigenvalue weighted by atomic mass is 32.2. The number of hydrogen-bond acceptors (Lipinski definition) is 5. The van der Waals surface area contributed by atoms with Crippen molar-refractivity contribution in [2.75, 3.05) is 17.6 Å². The van der Waals surface area contributed by atoms with Crippen LogP contribution in [0.3, 0.4) is 0 Å². The summed E-state index contributed by atoms with van der Waals surface area (Å²) in [6, 6.07) is 6.12. The molecule has 0 fully saturated rings. The zero-order valence-electron chi connectivity index (χ0n) is 11.1. The van der Waals surface area contributed by atoms with Crippen LogP contribution in [0, 0.1) is 6.92 Å². The summed E-state index contributed by atoms with van der Waals surface area (Å²) in [5.74, 6) is 0.229. The first-order valence-electron chi connectivity index (χ1n) is 5.80. The normalized spacial score (nSPS) is 11.1. The number of methoxy groups -OCH3 is 1. The molecule has 20 heavy (non-hydrogen) atoms. The van der Waals surface area contributed by atoms with Gasteiger partial charge in [-0.25, -0.2) is 8.42 Å². The van der Waals surface area contributed by atoms with E-state index in [0.29, 0.717) is 11.4 Å². The van der Waals surface area contributed by atoms with E-state index in [4.69, 9.17) is 10.5 Å². The molecule has 6 nitrogen and oxygen atoms in total. The lowest BCUT2D eigenvalue weighted by Crippen LogP contribution is -2.14. The van der Waals surface area contributed by atoms with Gasteiger partial charge in [-0.2, -0.15) is 0 Å². The first-order chi connectivity index (χ1) is 9.42. The highest BCUT2D eigenvalue weighted by Gasteiger charge is 2.20. The summed E-state index contributed by atoms with van der Waals surface area (Å²) < 4.78 is 32.2. The Balaban J connectivity index is 2.43. The van der Waals surface area contributed by atoms with Gasteiger partial charge in [-0.05, 0) is 36.8 Å². The van der Waals surface area contributed by atoms with Crippen LogP contribution in [-0.2, 0) is 10.0 Å². The Kier molecular flexibility index (Phi) is 3.80. The summed E-state index contributed by atoms with van der Waals surface area (Å²) in [5, 5.41) is 0. The number of anilines is 2. The molecule has 1 aromatic heterocycles. The minimum atomic E-state index is -3.79. The van der Waals surface area contributed by atoms with E-state index in [2.05, 4.69) is 9.71 Å². The predicted molar refractivity (Wildman–Crippen MR) is 77.2 cm³/mol. The predicted octanol–water partition coefficient (Wildman–Crippen LogP) is 1.78. The standard InChI is InChI=1S/C13H15N3O3S/c1-9-5-11(8-15-7-9)16-20(17,18)13-6-10(14)3-4-12(13)19-2/h3-8,16H,14H2,1-2H3. The van der Waals surface area contributed by atoms with Crippen LogP contribution in [-0.4, -0.2) is 20.5 Å². The van der Waals surface area contributed by atoms with Crippen molar-refractivity contribution in [3.8, 4) is 5.75 Å². The van der Waals surface area contributed by atoms with E-state index in [9.17, 15) is 8.42 Å². The quantitative estimate of drug-likeness (QED) is 0.838. The Morgan fingerprint density at radius 2 is 2.00 bits per heavy atom. The molecule has 7 heteroatoms. The molecular formula is C13H15N3O3S. The third-order valence-electron chi connectivity index (χ3n) is 2.60. The number of sulfonamides is 1. The Morgan fingerprint density at radius 1 is 1.25 bits per heavy atom. The van der Waals surface area contributed by atoms with Crippen LogP contribution in [0.1, 0.15) is 5.56 Å². The molecule has 3 N–H and O–H groups in total. The van der Waals surface area contributed by atoms with Crippen molar-refractivity contribution >= 4 is 21.4 Å². The fourth-order valence-electron chi connectivity index (χ4n) is 1.72. The average Bonchev–Trinajstić information content (AvgIpc) is 2.38. The van der Waals surface area contributed by atoms with E-state index in [1.807, 2.05) is 6.92 Å². The van der Waals surface area contributed by atoms with Crippen molar-refractivity contribution in [3.63, 3.8) is 0 Å². The van der Waals surface area contributed by atoms with Gasteiger partial charge in [0.2, 0.25) is 0 Å². The lowest BCUT2D eigenvalue weighted by atomic mass is 10.3. The SMILES string of the molecule is COc1ccc(N)cc1S(=O)(=O)Nc1cncc(C)c1. The van der Waals surface area contributed by atoms with Gasteiger partial charge >= 0.3 is 0 Å². The number of rotatable bonds is 4. The van der Waals surface area contributed by atoms with Gasteiger partial charge in [0.25, 0.3) is 10.0 Å². The van der Waals surface area contributed by atoms with E-state index >= 15 is 0 Å². The van der Waals surface area contributed by atoms with Crippen molar-refractivity contribution in [1.82, 2.24) is 4.98 Å². The van der Waals surface area contributed by atoms with Crippen LogP contribution in [0.15, 0.2) is 41.6 Å². The fourth-order valence-corrected chi connectivity index (χ4v) is 2.96. The fraction of sp³-hybridized carbons (Fsp3) is 0.154. The van der Waals surface area contributed by atoms with Gasteiger partial charge in [-0.15, -0.1) is 0 Å². The molecule has 106 valence electrons. The average molecular weight is 293 g/mol. The first kappa shape index (κ1) is 14.1. The second kappa shape index (κ2) is 5.38. The van der Waals surface area contributed by atoms with Crippen LogP contribution in [0.4, 0.5) is 11.4 Å². The smallest absolute Gasteiger partial charge is 0.265 e. The van der Waals surface area contributed by atoms with Gasteiger partial charge in [0, 0.05) is 11.9 Å². The Bertz CT molecular complexity index is 729. The molecule has 0 spiro atoms. The summed E-state index contributed by atoms with van der Waals surface area (Å²) in [6.45, 7) is 1.83. The van der Waals surface area contributed by atoms with Crippen molar-refractivity contribution in [2.24, 2.45) is 0 Å². The Labute approximate surface area is 117 Å². The number of ether oxygens (including phenoxy) is 1. The summed E-state index contributed by atoms with van der Waals surface area (Å²) in [6.07, 6.45) is 3.07. The second-order valence-electron chi connectivity index (χ2n) is 4.27. The topological polar surface area (TPSA) is 94.3 Å². The lowest BCUT2D eigenvalue weighted by molar-refractivity contribution is 0.403. The maximum Gasteiger partial charge on any atom is 0.265 e. The summed E-state index contributed by atoms with van der Waals surface area (Å²) in [7, 11) is -2.39. The zero-order chi connectivity index (χ0) is 14.8. The molecule has 2 aromatic rings. The van der Waals surface area contributed by atoms with Crippen LogP contribution in [0.25, 0.3) is 0 Å². The third kappa shape index (κ3) is 3.00. The number of nitrogens with zero attached hydrogens (tertiary/aromatic N) is 1. The second-order valence-corrected chi connectivity index (χ2v) is 5.92. The number of nitrogens with two attached hydrogens (primary N) is 1. The minimum Gasteiger partial charge on any atom is -0.495 e. The minimum absolute atomic E-state index is 0.0125. The number of benzene rings is 1. The number of nitrogen functional groups attached to an aromatic ring is 1. The van der Waals surface area contributed by atoms with Crippen molar-refractivity contribution in [1.29, 1.82) is 0 Å². The molecule has 0 bridgehead atoms. The molecule has 0 saturated carbocycles. The molecule has 2 rings (SSSR count). The van der Waals surface area contributed by atoms with Gasteiger partial charge in [0.1, 0.15) is 10.6 Å². The summed E-state index contributed by atoms with van der Waals surface area (Å²) in [5.41, 5.74) is 7.21. The van der Waals surface area contributed by atoms with Crippen LogP contribution in [0.5, 0.6) is 5.75 Å². The van der Waals surface area contributed by atoms with Crippen LogP contribution >= 0.6 is 0 Å². The lowest BCUT2D eigenvalue weighted by Gasteiger charge is -2.12. The third-order valence-corrected chi connectivity index (χ3v) is 4.01. The Morgan fingerprint density at radius 3 is 2.65 bits per heavy atom. The van der Waals surface area contributed by atoms with Gasteiger partial charge in [-0.1, -0.05) is 0 Å². The number of nitrogens with one attached hydrogen (secondary N) is 1. The molecular weight excluding hydrogens is 278 g/mol. The zero-order valence-corrected chi connectivity index (χ0v) is 11.9. The van der Waals surface area contributed by atoms with Gasteiger partial charge < -0.3 is 10.5 Å². The summed E-state index contributed by atoms with van der Waals surface area (Å²) >= 11 is 0. The highest BCUT2D eigenvalue weighted by Crippen LogP contribution is 2.27. The number of hydrogen-bond donors (Lipinski definition) is 2. The van der Waals surface area contributed by atoms with E-state index in [1.54, 1.807) is 18.3 Å². The largest absolute Gasteiger partial charge is 0.495 e. The summed E-state index contributed by atoms with van der Waals surface area (Å²) in [4.78, 5) is 3.93. The van der Waals surface area contributed by atoms with E-state index < -0.39 is 10.0 Å². The van der Waals surface area contributed by atoms with Crippen molar-refractivity contribution < 1.29 is 13.2 Å². The maximum absolute atomic E-state index is 12.4. The van der Waals surface area contributed by atoms with Crippen LogP contribution < -0.4 is 15.2 Å². The highest BCUT2D eigenvalue weighted by molar-refractivity contribution is 7.92. The molecule has 0 aliphatic heterocycles. The van der Waals surface area contributed by atoms with E-state index in [1.165, 1.54) is 25.4 Å². The first-order valence-corrected chi connectivity index (χ1v) is 7.28. The van der Waals surface area contributed by atoms with E-state index in [-0.39, 0.29) is 10.6 Å². The molecule has 0 saturated heterocycles. The number of pyridine rings is 1. The van der Waals surface area contributed by atoms with Gasteiger partial charge in [-0.3, -0.25) is 9.71 Å². The molecule has 0 amide bonds. The molecule has 0 atom stereocenters. The van der Waals surface area contributed by atoms with Crippen LogP contribution in [0.2, 0.25) is 0 Å². The Hall–Kier alpha value is -2.28. The molecule has 1 aromatic carbocycles. The molecule has 0 aliphatic carbocycles. The van der Waals surface area contributed by atoms with E-state index in [0.717, 1.165) is 5.56 Å². The number of aryl methyl sites for hydroxylation is 1. The monoisotopic (exact) mass is 293 g/mol. The maximum atomic E-state index is 12.4. The number of aromatic nitrogens is 1.